The second kappa shape index (κ2) is 8.18. The van der Waals surface area contributed by atoms with E-state index in [0.717, 1.165) is 28.8 Å². The second-order valence-corrected chi connectivity index (χ2v) is 7.04. The van der Waals surface area contributed by atoms with Crippen molar-refractivity contribution in [2.75, 3.05) is 12.3 Å². The zero-order valence-corrected chi connectivity index (χ0v) is 13.6. The number of nitrogens with one attached hydrogen (secondary N) is 1. The molecule has 1 atom stereocenters. The van der Waals surface area contributed by atoms with Gasteiger partial charge in [-0.25, -0.2) is 4.39 Å². The van der Waals surface area contributed by atoms with Crippen molar-refractivity contribution in [3.8, 4) is 0 Å². The highest BCUT2D eigenvalue weighted by molar-refractivity contribution is 9.10. The third kappa shape index (κ3) is 5.72. The molecule has 0 spiro atoms. The van der Waals surface area contributed by atoms with Gasteiger partial charge < -0.3 is 5.32 Å². The lowest BCUT2D eigenvalue weighted by atomic mass is 10.1. The van der Waals surface area contributed by atoms with Gasteiger partial charge in [-0.2, -0.15) is 11.8 Å². The quantitative estimate of drug-likeness (QED) is 0.800. The third-order valence-electron chi connectivity index (χ3n) is 2.60. The van der Waals surface area contributed by atoms with Crippen LogP contribution in [0.2, 0.25) is 0 Å². The summed E-state index contributed by atoms with van der Waals surface area (Å²) in [5.74, 6) is 0.886. The number of halogens is 2. The Kier molecular flexibility index (Phi) is 7.27. The van der Waals surface area contributed by atoms with Gasteiger partial charge >= 0.3 is 0 Å². The average Bonchev–Trinajstić information content (AvgIpc) is 2.29. The molecule has 0 fully saturated rings. The molecule has 1 rings (SSSR count). The standard InChI is InChI=1S/C14H21BrFNS/c1-4-17-13(9-18-10(2)3)7-11-5-6-12(16)8-14(11)15/h5-6,8,10,13,17H,4,7,9H2,1-3H3. The Hall–Kier alpha value is -0.0600. The van der Waals surface area contributed by atoms with Crippen LogP contribution in [-0.4, -0.2) is 23.6 Å². The van der Waals surface area contributed by atoms with Crippen LogP contribution in [0.15, 0.2) is 22.7 Å². The van der Waals surface area contributed by atoms with Crippen LogP contribution in [0, 0.1) is 5.82 Å². The summed E-state index contributed by atoms with van der Waals surface area (Å²) in [6, 6.07) is 5.36. The summed E-state index contributed by atoms with van der Waals surface area (Å²) in [6.07, 6.45) is 0.925. The first-order valence-corrected chi connectivity index (χ1v) is 8.16. The number of thioether (sulfide) groups is 1. The zero-order chi connectivity index (χ0) is 13.5. The molecule has 0 heterocycles. The molecule has 0 aliphatic rings. The molecular weight excluding hydrogens is 313 g/mol. The lowest BCUT2D eigenvalue weighted by Gasteiger charge is -2.19. The molecule has 0 bridgehead atoms. The van der Waals surface area contributed by atoms with E-state index >= 15 is 0 Å². The van der Waals surface area contributed by atoms with Crippen LogP contribution in [0.1, 0.15) is 26.3 Å². The molecule has 1 unspecified atom stereocenters. The fourth-order valence-corrected chi connectivity index (χ4v) is 3.11. The topological polar surface area (TPSA) is 12.0 Å². The van der Waals surface area contributed by atoms with Gasteiger partial charge in [0.25, 0.3) is 0 Å². The lowest BCUT2D eigenvalue weighted by molar-refractivity contribution is 0.569. The predicted molar refractivity (Wildman–Crippen MR) is 82.9 cm³/mol. The van der Waals surface area contributed by atoms with E-state index in [4.69, 9.17) is 0 Å². The van der Waals surface area contributed by atoms with Crippen LogP contribution in [0.25, 0.3) is 0 Å². The molecule has 102 valence electrons. The Morgan fingerprint density at radius 1 is 1.39 bits per heavy atom. The van der Waals surface area contributed by atoms with E-state index in [-0.39, 0.29) is 5.82 Å². The van der Waals surface area contributed by atoms with Gasteiger partial charge in [-0.1, -0.05) is 42.8 Å². The van der Waals surface area contributed by atoms with Crippen molar-refractivity contribution in [1.29, 1.82) is 0 Å². The molecule has 1 nitrogen and oxygen atoms in total. The Balaban J connectivity index is 2.64. The first-order valence-electron chi connectivity index (χ1n) is 6.31. The minimum Gasteiger partial charge on any atom is -0.313 e. The van der Waals surface area contributed by atoms with Gasteiger partial charge in [-0.05, 0) is 35.9 Å². The lowest BCUT2D eigenvalue weighted by Crippen LogP contribution is -2.33. The molecule has 4 heteroatoms. The van der Waals surface area contributed by atoms with Crippen molar-refractivity contribution in [1.82, 2.24) is 5.32 Å². The van der Waals surface area contributed by atoms with Gasteiger partial charge in [0.15, 0.2) is 0 Å². The van der Waals surface area contributed by atoms with E-state index < -0.39 is 0 Å². The van der Waals surface area contributed by atoms with E-state index in [0.29, 0.717) is 11.3 Å². The molecule has 0 saturated carbocycles. The molecule has 0 amide bonds. The van der Waals surface area contributed by atoms with E-state index in [1.807, 2.05) is 17.8 Å². The summed E-state index contributed by atoms with van der Waals surface area (Å²) in [5, 5.41) is 4.13. The van der Waals surface area contributed by atoms with Crippen molar-refractivity contribution >= 4 is 27.7 Å². The summed E-state index contributed by atoms with van der Waals surface area (Å²) in [7, 11) is 0. The van der Waals surface area contributed by atoms with Gasteiger partial charge in [0.1, 0.15) is 5.82 Å². The molecule has 0 aliphatic heterocycles. The number of hydrogen-bond acceptors (Lipinski definition) is 2. The third-order valence-corrected chi connectivity index (χ3v) is 4.60. The van der Waals surface area contributed by atoms with Gasteiger partial charge in [0.05, 0.1) is 0 Å². The van der Waals surface area contributed by atoms with Gasteiger partial charge in [0.2, 0.25) is 0 Å². The van der Waals surface area contributed by atoms with E-state index in [2.05, 4.69) is 42.0 Å². The molecule has 0 radical (unpaired) electrons. The summed E-state index contributed by atoms with van der Waals surface area (Å²) in [5.41, 5.74) is 1.16. The van der Waals surface area contributed by atoms with Crippen LogP contribution in [-0.2, 0) is 6.42 Å². The zero-order valence-electron chi connectivity index (χ0n) is 11.2. The molecule has 1 aromatic carbocycles. The summed E-state index contributed by atoms with van der Waals surface area (Å²) >= 11 is 5.39. The van der Waals surface area contributed by atoms with E-state index in [1.54, 1.807) is 0 Å². The monoisotopic (exact) mass is 333 g/mol. The Labute approximate surface area is 122 Å². The minimum absolute atomic E-state index is 0.192. The molecule has 0 aliphatic carbocycles. The summed E-state index contributed by atoms with van der Waals surface area (Å²) < 4.78 is 13.9. The highest BCUT2D eigenvalue weighted by Gasteiger charge is 2.12. The van der Waals surface area contributed by atoms with Crippen molar-refractivity contribution in [2.45, 2.75) is 38.5 Å². The van der Waals surface area contributed by atoms with Crippen LogP contribution in [0.4, 0.5) is 4.39 Å². The van der Waals surface area contributed by atoms with Crippen LogP contribution in [0.3, 0.4) is 0 Å². The molecule has 1 N–H and O–H groups in total. The maximum absolute atomic E-state index is 13.0. The number of likely N-dealkylation sites (N-methyl/N-ethyl adjacent to an activating group) is 1. The fraction of sp³-hybridized carbons (Fsp3) is 0.571. The number of rotatable bonds is 7. The van der Waals surface area contributed by atoms with Crippen LogP contribution >= 0.6 is 27.7 Å². The smallest absolute Gasteiger partial charge is 0.124 e. The number of hydrogen-bond donors (Lipinski definition) is 1. The number of benzene rings is 1. The average molecular weight is 334 g/mol. The first-order chi connectivity index (χ1) is 8.52. The predicted octanol–water partition coefficient (Wildman–Crippen LogP) is 4.25. The highest BCUT2D eigenvalue weighted by Crippen LogP contribution is 2.21. The Bertz CT molecular complexity index is 371. The van der Waals surface area contributed by atoms with E-state index in [1.165, 1.54) is 12.1 Å². The minimum atomic E-state index is -0.192. The van der Waals surface area contributed by atoms with Gasteiger partial charge in [-0.15, -0.1) is 0 Å². The maximum Gasteiger partial charge on any atom is 0.124 e. The van der Waals surface area contributed by atoms with Crippen LogP contribution in [0.5, 0.6) is 0 Å². The molecule has 0 saturated heterocycles. The van der Waals surface area contributed by atoms with Crippen LogP contribution < -0.4 is 5.32 Å². The molecular formula is C14H21BrFNS. The van der Waals surface area contributed by atoms with E-state index in [9.17, 15) is 4.39 Å². The summed E-state index contributed by atoms with van der Waals surface area (Å²) in [4.78, 5) is 0. The molecule has 18 heavy (non-hydrogen) atoms. The van der Waals surface area contributed by atoms with Crippen molar-refractivity contribution in [3.63, 3.8) is 0 Å². The normalized spacial score (nSPS) is 13.0. The molecule has 0 aromatic heterocycles. The maximum atomic E-state index is 13.0. The molecule has 1 aromatic rings. The largest absolute Gasteiger partial charge is 0.313 e. The van der Waals surface area contributed by atoms with Gasteiger partial charge in [-0.3, -0.25) is 0 Å². The first kappa shape index (κ1) is 16.0. The second-order valence-electron chi connectivity index (χ2n) is 4.58. The summed E-state index contributed by atoms with van der Waals surface area (Å²) in [6.45, 7) is 7.50. The Morgan fingerprint density at radius 2 is 2.11 bits per heavy atom. The fourth-order valence-electron chi connectivity index (χ4n) is 1.74. The van der Waals surface area contributed by atoms with Gasteiger partial charge in [0, 0.05) is 16.3 Å². The van der Waals surface area contributed by atoms with Crippen molar-refractivity contribution < 1.29 is 4.39 Å². The SMILES string of the molecule is CCNC(CSC(C)C)Cc1ccc(F)cc1Br. The van der Waals surface area contributed by atoms with Crippen molar-refractivity contribution in [3.05, 3.63) is 34.1 Å². The van der Waals surface area contributed by atoms with Crippen molar-refractivity contribution in [2.24, 2.45) is 0 Å². The Morgan fingerprint density at radius 3 is 2.67 bits per heavy atom. The highest BCUT2D eigenvalue weighted by atomic mass is 79.9.